The number of carbonyl (C=O) groups excluding carboxylic acids is 1. The molecule has 0 radical (unpaired) electrons. The number of amides is 1. The minimum atomic E-state index is -4.59. The molecule has 2 atom stereocenters. The average molecular weight is 485 g/mol. The van der Waals surface area contributed by atoms with Crippen LogP contribution in [0.2, 0.25) is 0 Å². The van der Waals surface area contributed by atoms with Gasteiger partial charge in [0, 0.05) is 49.7 Å². The molecular weight excluding hydrogens is 463 g/mol. The number of aromatic hydroxyl groups is 1. The standard InChI is InChI=1S/C23H22F3N7O2/c1-13-11-31(20-14(9-27)10-28-18-8-15(34)2-3-17(18)20)5-4-16(13)21(35)32-6-7-33-19(12-32)29-30-22(33)23(24,25)26/h2-3,8,10,13,16,34H,4-7,11-12H2,1H3/t13-,16+/m1/s1. The maximum absolute atomic E-state index is 13.3. The number of piperidine rings is 1. The Bertz CT molecular complexity index is 1350. The van der Waals surface area contributed by atoms with E-state index in [4.69, 9.17) is 0 Å². The van der Waals surface area contributed by atoms with Gasteiger partial charge in [-0.25, -0.2) is 0 Å². The summed E-state index contributed by atoms with van der Waals surface area (Å²) in [6.45, 7) is 3.16. The summed E-state index contributed by atoms with van der Waals surface area (Å²) < 4.78 is 40.4. The largest absolute Gasteiger partial charge is 0.508 e. The third-order valence-electron chi connectivity index (χ3n) is 6.80. The molecule has 1 aromatic carbocycles. The Labute approximate surface area is 198 Å². The molecule has 1 saturated heterocycles. The van der Waals surface area contributed by atoms with Gasteiger partial charge in [0.2, 0.25) is 11.7 Å². The molecular formula is C23H22F3N7O2. The van der Waals surface area contributed by atoms with Crippen molar-refractivity contribution in [2.45, 2.75) is 32.6 Å². The van der Waals surface area contributed by atoms with Crippen LogP contribution in [0.1, 0.15) is 30.6 Å². The highest BCUT2D eigenvalue weighted by Gasteiger charge is 2.41. The van der Waals surface area contributed by atoms with Crippen LogP contribution in [0.25, 0.3) is 10.9 Å². The number of phenolic OH excluding ortho intramolecular Hbond substituents is 1. The van der Waals surface area contributed by atoms with Crippen LogP contribution >= 0.6 is 0 Å². The number of nitrogens with zero attached hydrogens (tertiary/aromatic N) is 7. The minimum absolute atomic E-state index is 0.00246. The average Bonchev–Trinajstić information content (AvgIpc) is 3.26. The molecule has 0 saturated carbocycles. The molecule has 2 aliphatic heterocycles. The first-order valence-electron chi connectivity index (χ1n) is 11.2. The van der Waals surface area contributed by atoms with Crippen molar-refractivity contribution in [2.75, 3.05) is 24.5 Å². The van der Waals surface area contributed by atoms with Crippen LogP contribution in [0, 0.1) is 23.2 Å². The lowest BCUT2D eigenvalue weighted by Gasteiger charge is -2.40. The van der Waals surface area contributed by atoms with Crippen LogP contribution in [0.5, 0.6) is 5.75 Å². The third-order valence-corrected chi connectivity index (χ3v) is 6.80. The van der Waals surface area contributed by atoms with E-state index in [-0.39, 0.29) is 49.0 Å². The second-order valence-electron chi connectivity index (χ2n) is 9.00. The lowest BCUT2D eigenvalue weighted by atomic mass is 9.85. The highest BCUT2D eigenvalue weighted by molar-refractivity contribution is 5.95. The minimum Gasteiger partial charge on any atom is -0.508 e. The van der Waals surface area contributed by atoms with Gasteiger partial charge in [-0.1, -0.05) is 6.92 Å². The number of hydrogen-bond donors (Lipinski definition) is 1. The zero-order valence-electron chi connectivity index (χ0n) is 18.8. The van der Waals surface area contributed by atoms with E-state index >= 15 is 0 Å². The molecule has 0 unspecified atom stereocenters. The van der Waals surface area contributed by atoms with Crippen LogP contribution in [0.15, 0.2) is 24.4 Å². The third kappa shape index (κ3) is 4.00. The first-order valence-corrected chi connectivity index (χ1v) is 11.2. The van der Waals surface area contributed by atoms with E-state index in [0.29, 0.717) is 30.6 Å². The van der Waals surface area contributed by atoms with Crippen molar-refractivity contribution in [2.24, 2.45) is 11.8 Å². The van der Waals surface area contributed by atoms with Gasteiger partial charge in [0.1, 0.15) is 11.8 Å². The van der Waals surface area contributed by atoms with Crippen LogP contribution < -0.4 is 4.90 Å². The lowest BCUT2D eigenvalue weighted by molar-refractivity contribution is -0.148. The number of fused-ring (bicyclic) bond motifs is 2. The van der Waals surface area contributed by atoms with Crippen LogP contribution in [-0.2, 0) is 24.1 Å². The Kier molecular flexibility index (Phi) is 5.50. The van der Waals surface area contributed by atoms with Crippen molar-refractivity contribution in [1.82, 2.24) is 24.6 Å². The number of carbonyl (C=O) groups is 1. The number of aromatic nitrogens is 4. The number of rotatable bonds is 2. The monoisotopic (exact) mass is 485 g/mol. The van der Waals surface area contributed by atoms with E-state index in [1.54, 1.807) is 23.1 Å². The molecule has 9 nitrogen and oxygen atoms in total. The fraction of sp³-hybridized carbons (Fsp3) is 0.435. The maximum atomic E-state index is 13.3. The molecule has 0 spiro atoms. The van der Waals surface area contributed by atoms with Crippen LogP contribution in [-0.4, -0.2) is 55.3 Å². The molecule has 2 aliphatic rings. The van der Waals surface area contributed by atoms with Gasteiger partial charge in [-0.05, 0) is 24.5 Å². The zero-order chi connectivity index (χ0) is 24.9. The fourth-order valence-electron chi connectivity index (χ4n) is 5.10. The predicted molar refractivity (Wildman–Crippen MR) is 118 cm³/mol. The molecule has 3 aromatic rings. The first kappa shape index (κ1) is 22.9. The molecule has 2 aromatic heterocycles. The molecule has 1 fully saturated rings. The van der Waals surface area contributed by atoms with E-state index in [9.17, 15) is 28.3 Å². The van der Waals surface area contributed by atoms with Crippen LogP contribution in [0.4, 0.5) is 18.9 Å². The number of benzene rings is 1. The summed E-state index contributed by atoms with van der Waals surface area (Å²) in [5, 5.41) is 27.1. The molecule has 12 heteroatoms. The lowest BCUT2D eigenvalue weighted by Crippen LogP contribution is -2.49. The van der Waals surface area contributed by atoms with Crippen molar-refractivity contribution >= 4 is 22.5 Å². The SMILES string of the molecule is C[C@@H]1CN(c2c(C#N)cnc3cc(O)ccc23)CC[C@@H]1C(=O)N1CCn2c(nnc2C(F)(F)F)C1. The Balaban J connectivity index is 1.34. The Morgan fingerprint density at radius 2 is 2.03 bits per heavy atom. The number of anilines is 1. The summed E-state index contributed by atoms with van der Waals surface area (Å²) in [5.74, 6) is -1.29. The highest BCUT2D eigenvalue weighted by Crippen LogP contribution is 2.36. The quantitative estimate of drug-likeness (QED) is 0.594. The van der Waals surface area contributed by atoms with Gasteiger partial charge in [-0.15, -0.1) is 10.2 Å². The molecule has 4 heterocycles. The predicted octanol–water partition coefficient (Wildman–Crippen LogP) is 2.93. The smallest absolute Gasteiger partial charge is 0.451 e. The maximum Gasteiger partial charge on any atom is 0.451 e. The van der Waals surface area contributed by atoms with Gasteiger partial charge in [-0.2, -0.15) is 18.4 Å². The topological polar surface area (TPSA) is 111 Å². The number of pyridine rings is 1. The van der Waals surface area contributed by atoms with Gasteiger partial charge in [0.05, 0.1) is 23.3 Å². The van der Waals surface area contributed by atoms with Gasteiger partial charge < -0.3 is 19.5 Å². The van der Waals surface area contributed by atoms with Gasteiger partial charge in [0.25, 0.3) is 0 Å². The van der Waals surface area contributed by atoms with Gasteiger partial charge in [-0.3, -0.25) is 9.78 Å². The second-order valence-corrected chi connectivity index (χ2v) is 9.00. The molecule has 1 amide bonds. The van der Waals surface area contributed by atoms with Crippen molar-refractivity contribution in [1.29, 1.82) is 5.26 Å². The van der Waals surface area contributed by atoms with Crippen molar-refractivity contribution in [3.8, 4) is 11.8 Å². The molecule has 0 aliphatic carbocycles. The second kappa shape index (κ2) is 8.41. The summed E-state index contributed by atoms with van der Waals surface area (Å²) >= 11 is 0. The van der Waals surface area contributed by atoms with Crippen molar-refractivity contribution in [3.05, 3.63) is 41.6 Å². The van der Waals surface area contributed by atoms with Crippen molar-refractivity contribution < 1.29 is 23.1 Å². The molecule has 0 bridgehead atoms. The van der Waals surface area contributed by atoms with E-state index in [2.05, 4.69) is 26.2 Å². The van der Waals surface area contributed by atoms with E-state index in [0.717, 1.165) is 15.6 Å². The number of nitriles is 1. The van der Waals surface area contributed by atoms with Crippen molar-refractivity contribution in [3.63, 3.8) is 0 Å². The normalized spacial score (nSPS) is 20.5. The molecule has 5 rings (SSSR count). The van der Waals surface area contributed by atoms with Gasteiger partial charge in [0.15, 0.2) is 5.82 Å². The number of halogens is 3. The summed E-state index contributed by atoms with van der Waals surface area (Å²) in [6.07, 6.45) is -2.57. The Morgan fingerprint density at radius 1 is 1.23 bits per heavy atom. The Hall–Kier alpha value is -3.88. The number of alkyl halides is 3. The number of phenols is 1. The van der Waals surface area contributed by atoms with E-state index in [1.165, 1.54) is 6.20 Å². The molecule has 35 heavy (non-hydrogen) atoms. The summed E-state index contributed by atoms with van der Waals surface area (Å²) in [4.78, 5) is 21.2. The number of hydrogen-bond acceptors (Lipinski definition) is 7. The molecule has 182 valence electrons. The summed E-state index contributed by atoms with van der Waals surface area (Å²) in [6, 6.07) is 7.01. The van der Waals surface area contributed by atoms with Crippen LogP contribution in [0.3, 0.4) is 0 Å². The fourth-order valence-corrected chi connectivity index (χ4v) is 5.10. The summed E-state index contributed by atoms with van der Waals surface area (Å²) in [5.41, 5.74) is 1.71. The summed E-state index contributed by atoms with van der Waals surface area (Å²) in [7, 11) is 0. The van der Waals surface area contributed by atoms with Gasteiger partial charge >= 0.3 is 6.18 Å². The first-order chi connectivity index (χ1) is 16.7. The zero-order valence-corrected chi connectivity index (χ0v) is 18.8. The van der Waals surface area contributed by atoms with E-state index < -0.39 is 12.0 Å². The van der Waals surface area contributed by atoms with E-state index in [1.807, 2.05) is 6.92 Å². The Morgan fingerprint density at radius 3 is 2.74 bits per heavy atom. The molecule has 1 N–H and O–H groups in total. The highest BCUT2D eigenvalue weighted by atomic mass is 19.4.